The smallest absolute Gasteiger partial charge is 0.389 e. The topological polar surface area (TPSA) is 26.3 Å². The van der Waals surface area contributed by atoms with E-state index >= 15 is 0 Å². The molecule has 25 heavy (non-hydrogen) atoms. The van der Waals surface area contributed by atoms with Crippen molar-refractivity contribution in [1.29, 1.82) is 0 Å². The van der Waals surface area contributed by atoms with Crippen LogP contribution in [0.1, 0.15) is 29.2 Å². The highest BCUT2D eigenvalue weighted by Crippen LogP contribution is 2.24. The highest BCUT2D eigenvalue weighted by atomic mass is 35.5. The van der Waals surface area contributed by atoms with E-state index in [2.05, 4.69) is 44.7 Å². The number of hydroxylamine groups is 3. The van der Waals surface area contributed by atoms with E-state index in [-0.39, 0.29) is 23.0 Å². The molecule has 0 fully saturated rings. The van der Waals surface area contributed by atoms with Gasteiger partial charge in [-0.15, -0.1) is 4.65 Å². The van der Waals surface area contributed by atoms with Crippen LogP contribution in [0.15, 0.2) is 61.2 Å². The van der Waals surface area contributed by atoms with Crippen molar-refractivity contribution >= 4 is 5.97 Å². The molecule has 3 nitrogen and oxygen atoms in total. The van der Waals surface area contributed by atoms with Crippen LogP contribution in [0.2, 0.25) is 0 Å². The fourth-order valence-electron chi connectivity index (χ4n) is 2.83. The molecule has 0 aliphatic carbocycles. The summed E-state index contributed by atoms with van der Waals surface area (Å²) >= 11 is 0. The Morgan fingerprint density at radius 1 is 1.00 bits per heavy atom. The first-order valence-electron chi connectivity index (χ1n) is 8.31. The number of carbonyl (C=O) groups is 1. The van der Waals surface area contributed by atoms with Crippen molar-refractivity contribution in [2.24, 2.45) is 0 Å². The third-order valence-corrected chi connectivity index (χ3v) is 4.47. The van der Waals surface area contributed by atoms with Crippen LogP contribution in [0.25, 0.3) is 0 Å². The third-order valence-electron chi connectivity index (χ3n) is 4.47. The average molecular weight is 360 g/mol. The number of carbonyl (C=O) groups excluding carboxylic acids is 1. The van der Waals surface area contributed by atoms with Crippen LogP contribution in [-0.4, -0.2) is 17.2 Å². The van der Waals surface area contributed by atoms with Gasteiger partial charge in [-0.25, -0.2) is 4.79 Å². The lowest BCUT2D eigenvalue weighted by Gasteiger charge is -2.34. The molecule has 0 aliphatic heterocycles. The highest BCUT2D eigenvalue weighted by Gasteiger charge is 2.32. The van der Waals surface area contributed by atoms with Gasteiger partial charge < -0.3 is 12.4 Å². The Morgan fingerprint density at radius 2 is 1.44 bits per heavy atom. The molecule has 0 amide bonds. The molecule has 0 saturated carbocycles. The van der Waals surface area contributed by atoms with Crippen molar-refractivity contribution in [3.05, 3.63) is 83.4 Å². The average Bonchev–Trinajstić information content (AvgIpc) is 2.58. The summed E-state index contributed by atoms with van der Waals surface area (Å²) in [6.45, 7) is 11.7. The summed E-state index contributed by atoms with van der Waals surface area (Å²) in [5.74, 6) is -0.390. The first-order valence-corrected chi connectivity index (χ1v) is 8.31. The molecule has 0 N–H and O–H groups in total. The van der Waals surface area contributed by atoms with Gasteiger partial charge in [-0.3, -0.25) is 4.84 Å². The minimum atomic E-state index is -0.390. The maximum atomic E-state index is 12.0. The largest absolute Gasteiger partial charge is 1.00 e. The fourth-order valence-corrected chi connectivity index (χ4v) is 2.83. The Hall–Kier alpha value is -2.10. The van der Waals surface area contributed by atoms with E-state index in [9.17, 15) is 4.79 Å². The van der Waals surface area contributed by atoms with Crippen LogP contribution in [0, 0.1) is 13.8 Å². The fraction of sp³-hybridized carbons (Fsp3) is 0.286. The summed E-state index contributed by atoms with van der Waals surface area (Å²) in [5, 5.41) is 0. The number of hydrogen-bond donors (Lipinski definition) is 0. The van der Waals surface area contributed by atoms with E-state index in [4.69, 9.17) is 4.84 Å². The molecule has 2 rings (SSSR count). The molecule has 0 bridgehead atoms. The summed E-state index contributed by atoms with van der Waals surface area (Å²) in [6, 6.07) is 16.5. The van der Waals surface area contributed by atoms with Crippen molar-refractivity contribution in [3.63, 3.8) is 0 Å². The normalized spacial score (nSPS) is 10.7. The van der Waals surface area contributed by atoms with E-state index in [1.54, 1.807) is 0 Å². The van der Waals surface area contributed by atoms with E-state index < -0.39 is 0 Å². The van der Waals surface area contributed by atoms with Crippen molar-refractivity contribution in [1.82, 2.24) is 0 Å². The minimum absolute atomic E-state index is 0. The molecule has 4 heteroatoms. The van der Waals surface area contributed by atoms with Gasteiger partial charge in [-0.05, 0) is 31.9 Å². The Balaban J connectivity index is 0.00000312. The van der Waals surface area contributed by atoms with E-state index in [0.29, 0.717) is 19.6 Å². The van der Waals surface area contributed by atoms with Crippen LogP contribution in [0.3, 0.4) is 0 Å². The van der Waals surface area contributed by atoms with Gasteiger partial charge >= 0.3 is 5.97 Å². The first-order chi connectivity index (χ1) is 11.5. The number of aryl methyl sites for hydroxylation is 2. The van der Waals surface area contributed by atoms with E-state index in [0.717, 1.165) is 0 Å². The lowest BCUT2D eigenvalue weighted by molar-refractivity contribution is -1.11. The second-order valence-corrected chi connectivity index (χ2v) is 6.16. The Kier molecular flexibility index (Phi) is 7.88. The molecule has 0 spiro atoms. The van der Waals surface area contributed by atoms with Gasteiger partial charge in [0.05, 0.1) is 0 Å². The van der Waals surface area contributed by atoms with Crippen molar-refractivity contribution < 1.29 is 26.7 Å². The molecular weight excluding hydrogens is 334 g/mol. The van der Waals surface area contributed by atoms with Gasteiger partial charge in [0.1, 0.15) is 19.6 Å². The SMILES string of the molecule is C=CC(=O)O[N+](CC)(Cc1ccccc1C)Cc1ccccc1C.[Cl-]. The molecule has 0 heterocycles. The third kappa shape index (κ3) is 5.45. The van der Waals surface area contributed by atoms with Gasteiger partial charge in [-0.1, -0.05) is 55.1 Å². The molecule has 0 aliphatic rings. The van der Waals surface area contributed by atoms with Crippen LogP contribution >= 0.6 is 0 Å². The summed E-state index contributed by atoms with van der Waals surface area (Å²) in [4.78, 5) is 17.8. The number of benzene rings is 2. The number of nitrogens with zero attached hydrogens (tertiary/aromatic N) is 1. The molecule has 0 atom stereocenters. The molecule has 134 valence electrons. The predicted octanol–water partition coefficient (Wildman–Crippen LogP) is 1.49. The van der Waals surface area contributed by atoms with Crippen molar-refractivity contribution in [2.75, 3.05) is 6.54 Å². The summed E-state index contributed by atoms with van der Waals surface area (Å²) in [5.41, 5.74) is 4.77. The Morgan fingerprint density at radius 3 is 1.80 bits per heavy atom. The maximum Gasteiger partial charge on any atom is 0.389 e. The van der Waals surface area contributed by atoms with Crippen LogP contribution < -0.4 is 12.4 Å². The number of hydrogen-bond acceptors (Lipinski definition) is 2. The zero-order chi connectivity index (χ0) is 17.6. The number of halogens is 1. The van der Waals surface area contributed by atoms with Gasteiger partial charge in [-0.2, -0.15) is 0 Å². The quantitative estimate of drug-likeness (QED) is 0.425. The van der Waals surface area contributed by atoms with E-state index in [1.807, 2.05) is 31.2 Å². The number of quaternary nitrogens is 1. The standard InChI is InChI=1S/C21H26NO2.ClH/c1-5-21(23)24-22(6-2,15-19-13-9-7-11-17(19)3)16-20-14-10-8-12-18(20)4;/h5,7-14H,1,6,15-16H2,2-4H3;1H/q+1;/p-1. The van der Waals surface area contributed by atoms with Crippen LogP contribution in [0.4, 0.5) is 0 Å². The van der Waals surface area contributed by atoms with Crippen molar-refractivity contribution in [2.45, 2.75) is 33.9 Å². The van der Waals surface area contributed by atoms with Crippen molar-refractivity contribution in [3.8, 4) is 0 Å². The molecule has 0 radical (unpaired) electrons. The molecule has 2 aromatic carbocycles. The molecule has 0 aromatic heterocycles. The predicted molar refractivity (Wildman–Crippen MR) is 96.9 cm³/mol. The Labute approximate surface area is 156 Å². The van der Waals surface area contributed by atoms with Gasteiger partial charge in [0, 0.05) is 17.2 Å². The Bertz CT molecular complexity index is 680. The monoisotopic (exact) mass is 359 g/mol. The zero-order valence-electron chi connectivity index (χ0n) is 15.2. The molecule has 0 unspecified atom stereocenters. The second-order valence-electron chi connectivity index (χ2n) is 6.16. The lowest BCUT2D eigenvalue weighted by atomic mass is 10.1. The second kappa shape index (κ2) is 9.40. The van der Waals surface area contributed by atoms with Gasteiger partial charge in [0.15, 0.2) is 0 Å². The summed E-state index contributed by atoms with van der Waals surface area (Å²) < 4.78 is 0.223. The van der Waals surface area contributed by atoms with Gasteiger partial charge in [0.2, 0.25) is 0 Å². The summed E-state index contributed by atoms with van der Waals surface area (Å²) in [7, 11) is 0. The highest BCUT2D eigenvalue weighted by molar-refractivity contribution is 5.80. The lowest BCUT2D eigenvalue weighted by Crippen LogP contribution is -3.00. The zero-order valence-corrected chi connectivity index (χ0v) is 15.9. The maximum absolute atomic E-state index is 12.0. The minimum Gasteiger partial charge on any atom is -1.00 e. The first kappa shape index (κ1) is 20.9. The summed E-state index contributed by atoms with van der Waals surface area (Å²) in [6.07, 6.45) is 1.23. The molecule has 0 saturated heterocycles. The van der Waals surface area contributed by atoms with Gasteiger partial charge in [0.25, 0.3) is 0 Å². The van der Waals surface area contributed by atoms with Crippen LogP contribution in [-0.2, 0) is 22.7 Å². The molecule has 2 aromatic rings. The molecular formula is C21H26ClNO2. The van der Waals surface area contributed by atoms with Crippen LogP contribution in [0.5, 0.6) is 0 Å². The number of rotatable bonds is 7. The van der Waals surface area contributed by atoms with E-state index in [1.165, 1.54) is 28.3 Å².